The van der Waals surface area contributed by atoms with Crippen LogP contribution in [-0.2, 0) is 21.0 Å². The van der Waals surface area contributed by atoms with Gasteiger partial charge in [0, 0.05) is 21.7 Å². The maximum absolute atomic E-state index is 12.6. The first kappa shape index (κ1) is 16.9. The summed E-state index contributed by atoms with van der Waals surface area (Å²) < 4.78 is 30.6. The average Bonchev–Trinajstić information content (AvgIpc) is 2.55. The van der Waals surface area contributed by atoms with Crippen molar-refractivity contribution in [2.75, 3.05) is 12.5 Å². The summed E-state index contributed by atoms with van der Waals surface area (Å²) in [5.74, 6) is 0.361. The molecule has 5 heteroatoms. The third-order valence-electron chi connectivity index (χ3n) is 3.79. The molecule has 0 aliphatic rings. The van der Waals surface area contributed by atoms with Gasteiger partial charge >= 0.3 is 10.1 Å². The van der Waals surface area contributed by atoms with Gasteiger partial charge in [-0.05, 0) is 37.3 Å². The van der Waals surface area contributed by atoms with Gasteiger partial charge in [-0.2, -0.15) is 8.42 Å². The van der Waals surface area contributed by atoms with E-state index in [0.29, 0.717) is 5.75 Å². The van der Waals surface area contributed by atoms with Crippen LogP contribution in [0.1, 0.15) is 5.56 Å². The van der Waals surface area contributed by atoms with Gasteiger partial charge in [-0.3, -0.25) is 0 Å². The molecular formula is C19H19O3S2+. The minimum Gasteiger partial charge on any atom is -0.378 e. The van der Waals surface area contributed by atoms with Crippen LogP contribution >= 0.6 is 0 Å². The molecule has 0 unspecified atom stereocenters. The fourth-order valence-electron chi connectivity index (χ4n) is 2.54. The molecule has 0 N–H and O–H groups in total. The summed E-state index contributed by atoms with van der Waals surface area (Å²) in [4.78, 5) is 1.36. The molecular weight excluding hydrogens is 340 g/mol. The van der Waals surface area contributed by atoms with Gasteiger partial charge in [0.05, 0.1) is 0 Å². The lowest BCUT2D eigenvalue weighted by Gasteiger charge is -2.11. The first-order valence-electron chi connectivity index (χ1n) is 7.49. The molecule has 0 bridgehead atoms. The van der Waals surface area contributed by atoms with Crippen LogP contribution in [0, 0.1) is 6.92 Å². The monoisotopic (exact) mass is 359 g/mol. The number of aryl methyl sites for hydroxylation is 1. The molecule has 0 aliphatic carbocycles. The maximum Gasteiger partial charge on any atom is 0.339 e. The van der Waals surface area contributed by atoms with E-state index in [4.69, 9.17) is 4.18 Å². The Bertz CT molecular complexity index is 975. The number of rotatable bonds is 4. The summed E-state index contributed by atoms with van der Waals surface area (Å²) in [7, 11) is -3.78. The van der Waals surface area contributed by atoms with Crippen LogP contribution in [0.25, 0.3) is 10.8 Å². The molecule has 0 aliphatic heterocycles. The van der Waals surface area contributed by atoms with E-state index in [1.165, 1.54) is 4.90 Å². The van der Waals surface area contributed by atoms with E-state index < -0.39 is 10.1 Å². The van der Waals surface area contributed by atoms with Crippen LogP contribution in [0.4, 0.5) is 0 Å². The molecule has 0 aromatic heterocycles. The van der Waals surface area contributed by atoms with E-state index in [1.54, 1.807) is 30.3 Å². The standard InChI is InChI=1S/C19H19O3S2/c1-14-8-10-15(11-9-14)24(20,21)22-18-12-13-19(23(2)3)17-7-5-4-6-16(17)18/h4-13H,1-3H3/q+1. The SMILES string of the molecule is Cc1ccc(S(=O)(=O)Oc2ccc([S+](C)C)c3ccccc23)cc1. The van der Waals surface area contributed by atoms with Crippen LogP contribution in [0.5, 0.6) is 5.75 Å². The fourth-order valence-corrected chi connectivity index (χ4v) is 4.45. The molecule has 3 aromatic rings. The first-order valence-corrected chi connectivity index (χ1v) is 10.9. The van der Waals surface area contributed by atoms with Gasteiger partial charge in [-0.15, -0.1) is 0 Å². The Morgan fingerprint density at radius 3 is 2.08 bits per heavy atom. The first-order chi connectivity index (χ1) is 11.4. The van der Waals surface area contributed by atoms with Crippen LogP contribution in [0.2, 0.25) is 0 Å². The molecule has 0 atom stereocenters. The quantitative estimate of drug-likeness (QED) is 0.519. The average molecular weight is 359 g/mol. The fraction of sp³-hybridized carbons (Fsp3) is 0.158. The molecule has 0 radical (unpaired) electrons. The van der Waals surface area contributed by atoms with Crippen molar-refractivity contribution in [2.45, 2.75) is 16.7 Å². The van der Waals surface area contributed by atoms with Gasteiger partial charge in [-0.25, -0.2) is 0 Å². The summed E-state index contributed by atoms with van der Waals surface area (Å²) in [5, 5.41) is 1.84. The van der Waals surface area contributed by atoms with Gasteiger partial charge in [0.2, 0.25) is 0 Å². The van der Waals surface area contributed by atoms with Gasteiger partial charge in [0.25, 0.3) is 0 Å². The zero-order valence-electron chi connectivity index (χ0n) is 13.8. The smallest absolute Gasteiger partial charge is 0.339 e. The second-order valence-corrected chi connectivity index (χ2v) is 9.39. The van der Waals surface area contributed by atoms with E-state index in [0.717, 1.165) is 16.3 Å². The normalized spacial score (nSPS) is 11.8. The molecule has 0 amide bonds. The lowest BCUT2D eigenvalue weighted by atomic mass is 10.1. The minimum atomic E-state index is -3.85. The Balaban J connectivity index is 2.07. The highest BCUT2D eigenvalue weighted by molar-refractivity contribution is 7.95. The van der Waals surface area contributed by atoms with E-state index in [9.17, 15) is 8.42 Å². The van der Waals surface area contributed by atoms with Gasteiger partial charge in [0.15, 0.2) is 10.6 Å². The Kier molecular flexibility index (Phi) is 4.56. The summed E-state index contributed by atoms with van der Waals surface area (Å²) in [6.45, 7) is 1.91. The highest BCUT2D eigenvalue weighted by Gasteiger charge is 2.21. The Hall–Kier alpha value is -1.98. The van der Waals surface area contributed by atoms with Gasteiger partial charge < -0.3 is 4.18 Å². The lowest BCUT2D eigenvalue weighted by Crippen LogP contribution is -2.10. The van der Waals surface area contributed by atoms with Crippen molar-refractivity contribution in [1.29, 1.82) is 0 Å². The molecule has 3 rings (SSSR count). The number of benzene rings is 3. The predicted molar refractivity (Wildman–Crippen MR) is 100 cm³/mol. The highest BCUT2D eigenvalue weighted by Crippen LogP contribution is 2.32. The van der Waals surface area contributed by atoms with E-state index >= 15 is 0 Å². The Labute approximate surface area is 145 Å². The van der Waals surface area contributed by atoms with Crippen LogP contribution in [0.3, 0.4) is 0 Å². The van der Waals surface area contributed by atoms with Crippen molar-refractivity contribution in [2.24, 2.45) is 0 Å². The molecule has 124 valence electrons. The van der Waals surface area contributed by atoms with Crippen molar-refractivity contribution < 1.29 is 12.6 Å². The second kappa shape index (κ2) is 6.49. The van der Waals surface area contributed by atoms with Crippen molar-refractivity contribution >= 4 is 31.8 Å². The summed E-state index contributed by atoms with van der Waals surface area (Å²) in [6.07, 6.45) is 4.29. The molecule has 3 aromatic carbocycles. The zero-order valence-corrected chi connectivity index (χ0v) is 15.4. The Morgan fingerprint density at radius 1 is 0.833 bits per heavy atom. The van der Waals surface area contributed by atoms with Crippen molar-refractivity contribution in [3.05, 3.63) is 66.2 Å². The van der Waals surface area contributed by atoms with Crippen LogP contribution in [0.15, 0.2) is 70.5 Å². The number of hydrogen-bond donors (Lipinski definition) is 0. The third-order valence-corrected chi connectivity index (χ3v) is 6.28. The second-order valence-electron chi connectivity index (χ2n) is 5.77. The van der Waals surface area contributed by atoms with Crippen molar-refractivity contribution in [3.8, 4) is 5.75 Å². The van der Waals surface area contributed by atoms with Crippen LogP contribution in [-0.4, -0.2) is 20.9 Å². The number of fused-ring (bicyclic) bond motifs is 1. The van der Waals surface area contributed by atoms with Gasteiger partial charge in [-0.1, -0.05) is 35.9 Å². The molecule has 0 saturated carbocycles. The topological polar surface area (TPSA) is 43.4 Å². The van der Waals surface area contributed by atoms with E-state index in [-0.39, 0.29) is 15.8 Å². The molecule has 3 nitrogen and oxygen atoms in total. The van der Waals surface area contributed by atoms with Crippen LogP contribution < -0.4 is 4.18 Å². The van der Waals surface area contributed by atoms with E-state index in [2.05, 4.69) is 12.5 Å². The van der Waals surface area contributed by atoms with Crippen molar-refractivity contribution in [1.82, 2.24) is 0 Å². The maximum atomic E-state index is 12.6. The summed E-state index contributed by atoms with van der Waals surface area (Å²) in [5.41, 5.74) is 1.00. The minimum absolute atomic E-state index is 0.0714. The van der Waals surface area contributed by atoms with Crippen molar-refractivity contribution in [3.63, 3.8) is 0 Å². The lowest BCUT2D eigenvalue weighted by molar-refractivity contribution is 0.488. The summed E-state index contributed by atoms with van der Waals surface area (Å²) >= 11 is 0. The zero-order chi connectivity index (χ0) is 17.3. The number of hydrogen-bond acceptors (Lipinski definition) is 3. The predicted octanol–water partition coefficient (Wildman–Crippen LogP) is 4.15. The van der Waals surface area contributed by atoms with Gasteiger partial charge in [0.1, 0.15) is 17.4 Å². The largest absolute Gasteiger partial charge is 0.378 e. The molecule has 0 fully saturated rings. The third kappa shape index (κ3) is 3.28. The Morgan fingerprint density at radius 2 is 1.46 bits per heavy atom. The summed E-state index contributed by atoms with van der Waals surface area (Å²) in [6, 6.07) is 18.1. The molecule has 24 heavy (non-hydrogen) atoms. The molecule has 0 heterocycles. The highest BCUT2D eigenvalue weighted by atomic mass is 32.2. The molecule has 0 spiro atoms. The molecule has 0 saturated heterocycles. The van der Waals surface area contributed by atoms with E-state index in [1.807, 2.05) is 37.3 Å².